The van der Waals surface area contributed by atoms with Gasteiger partial charge in [-0.3, -0.25) is 4.79 Å². The van der Waals surface area contributed by atoms with E-state index in [0.717, 1.165) is 30.6 Å². The second-order valence-electron chi connectivity index (χ2n) is 12.1. The molecule has 1 aliphatic carbocycles. The van der Waals surface area contributed by atoms with Crippen LogP contribution in [-0.2, 0) is 10.5 Å². The van der Waals surface area contributed by atoms with Crippen LogP contribution < -0.4 is 5.11 Å². The molecule has 1 aromatic carbocycles. The number of carbonyl (C=O) groups is 1. The van der Waals surface area contributed by atoms with Gasteiger partial charge in [-0.1, -0.05) is 109 Å². The maximum absolute atomic E-state index is 13.2. The van der Waals surface area contributed by atoms with Crippen molar-refractivity contribution in [1.82, 2.24) is 0 Å². The van der Waals surface area contributed by atoms with E-state index in [9.17, 15) is 15.0 Å². The Morgan fingerprint density at radius 3 is 2.20 bits per heavy atom. The van der Waals surface area contributed by atoms with Crippen molar-refractivity contribution < 1.29 is 19.7 Å². The minimum absolute atomic E-state index is 0.125. The molecule has 0 radical (unpaired) electrons. The van der Waals surface area contributed by atoms with Gasteiger partial charge in [-0.2, -0.15) is 0 Å². The molecule has 1 aromatic rings. The second-order valence-corrected chi connectivity index (χ2v) is 12.1. The van der Waals surface area contributed by atoms with E-state index in [2.05, 4.69) is 34.6 Å². The summed E-state index contributed by atoms with van der Waals surface area (Å²) in [6, 6.07) is 6.55. The van der Waals surface area contributed by atoms with Crippen molar-refractivity contribution in [2.75, 3.05) is 0 Å². The number of hydrogen-bond donors (Lipinski definition) is 1. The standard InChI is InChI=1S/C31H47O4/c1-22(2)12-9-13-23(3)14-10-15-24(4)16-11-17-25(5)20-21-30-28(32)26-18-7-8-19-27(26)31(33,34)29(30,6)35-30/h7-8,18-20,22-24,33H,9-17,21H2,1-6H3/q-1/b25-20+. The number of allylic oxidation sites excluding steroid dienone is 1. The molecule has 2 aliphatic rings. The molecule has 0 bridgehead atoms. The van der Waals surface area contributed by atoms with Crippen molar-refractivity contribution in [2.45, 2.75) is 123 Å². The predicted octanol–water partition coefficient (Wildman–Crippen LogP) is 6.69. The molecule has 4 heteroatoms. The molecular formula is C31H47O4-. The van der Waals surface area contributed by atoms with Crippen LogP contribution in [-0.4, -0.2) is 22.1 Å². The molecule has 0 spiro atoms. The molecule has 0 amide bonds. The Balaban J connectivity index is 1.42. The molecule has 1 aliphatic heterocycles. The smallest absolute Gasteiger partial charge is 0.198 e. The highest BCUT2D eigenvalue weighted by Gasteiger charge is 2.78. The molecule has 0 saturated carbocycles. The third-order valence-electron chi connectivity index (χ3n) is 8.54. The van der Waals surface area contributed by atoms with E-state index >= 15 is 0 Å². The Morgan fingerprint density at radius 1 is 1.00 bits per heavy atom. The number of epoxide rings is 1. The van der Waals surface area contributed by atoms with Crippen molar-refractivity contribution in [2.24, 2.45) is 17.8 Å². The van der Waals surface area contributed by atoms with Crippen molar-refractivity contribution in [3.8, 4) is 0 Å². The first-order chi connectivity index (χ1) is 16.4. The zero-order chi connectivity index (χ0) is 25.9. The van der Waals surface area contributed by atoms with Crippen LogP contribution in [0.25, 0.3) is 0 Å². The van der Waals surface area contributed by atoms with Gasteiger partial charge >= 0.3 is 0 Å². The number of aliphatic hydroxyl groups is 1. The average Bonchev–Trinajstić information content (AvgIpc) is 3.44. The van der Waals surface area contributed by atoms with E-state index in [-0.39, 0.29) is 16.9 Å². The molecule has 1 saturated heterocycles. The van der Waals surface area contributed by atoms with Crippen LogP contribution in [0.5, 0.6) is 0 Å². The molecule has 35 heavy (non-hydrogen) atoms. The Hall–Kier alpha value is -1.49. The van der Waals surface area contributed by atoms with Crippen LogP contribution in [0.2, 0.25) is 0 Å². The molecule has 196 valence electrons. The van der Waals surface area contributed by atoms with Gasteiger partial charge in [-0.05, 0) is 50.0 Å². The lowest BCUT2D eigenvalue weighted by Crippen LogP contribution is -2.60. The Morgan fingerprint density at radius 2 is 1.57 bits per heavy atom. The Labute approximate surface area is 213 Å². The minimum Gasteiger partial charge on any atom is -0.823 e. The van der Waals surface area contributed by atoms with Gasteiger partial charge in [-0.25, -0.2) is 0 Å². The van der Waals surface area contributed by atoms with E-state index < -0.39 is 17.0 Å². The van der Waals surface area contributed by atoms with Gasteiger partial charge < -0.3 is 14.9 Å². The number of fused-ring (bicyclic) bond motifs is 2. The van der Waals surface area contributed by atoms with Crippen LogP contribution in [0.4, 0.5) is 0 Å². The normalized spacial score (nSPS) is 29.6. The predicted molar refractivity (Wildman–Crippen MR) is 140 cm³/mol. The zero-order valence-electron chi connectivity index (χ0n) is 22.9. The summed E-state index contributed by atoms with van der Waals surface area (Å²) in [4.78, 5) is 13.2. The topological polar surface area (TPSA) is 72.9 Å². The summed E-state index contributed by atoms with van der Waals surface area (Å²) in [7, 11) is 0. The third kappa shape index (κ3) is 5.92. The number of rotatable bonds is 14. The van der Waals surface area contributed by atoms with E-state index in [4.69, 9.17) is 4.74 Å². The van der Waals surface area contributed by atoms with Crippen molar-refractivity contribution in [3.63, 3.8) is 0 Å². The van der Waals surface area contributed by atoms with E-state index in [1.807, 2.05) is 6.08 Å². The zero-order valence-corrected chi connectivity index (χ0v) is 22.9. The van der Waals surface area contributed by atoms with Crippen LogP contribution in [0, 0.1) is 17.8 Å². The van der Waals surface area contributed by atoms with Gasteiger partial charge in [0.05, 0.1) is 0 Å². The fourth-order valence-electron chi connectivity index (χ4n) is 5.84. The lowest BCUT2D eigenvalue weighted by atomic mass is 9.70. The molecule has 1 heterocycles. The van der Waals surface area contributed by atoms with E-state index in [0.29, 0.717) is 6.42 Å². The lowest BCUT2D eigenvalue weighted by molar-refractivity contribution is -0.576. The van der Waals surface area contributed by atoms with E-state index in [1.165, 1.54) is 56.6 Å². The summed E-state index contributed by atoms with van der Waals surface area (Å²) in [6.07, 6.45) is 13.7. The summed E-state index contributed by atoms with van der Waals surface area (Å²) < 4.78 is 5.80. The Bertz CT molecular complexity index is 901. The number of ketones is 1. The highest BCUT2D eigenvalue weighted by Crippen LogP contribution is 2.62. The lowest BCUT2D eigenvalue weighted by Gasteiger charge is -2.44. The van der Waals surface area contributed by atoms with Crippen LogP contribution in [0.15, 0.2) is 35.9 Å². The van der Waals surface area contributed by atoms with Gasteiger partial charge in [0.1, 0.15) is 5.60 Å². The van der Waals surface area contributed by atoms with Crippen LogP contribution >= 0.6 is 0 Å². The largest absolute Gasteiger partial charge is 0.823 e. The third-order valence-corrected chi connectivity index (χ3v) is 8.54. The van der Waals surface area contributed by atoms with Gasteiger partial charge in [0.2, 0.25) is 0 Å². The molecule has 1 N–H and O–H groups in total. The molecule has 3 rings (SSSR count). The summed E-state index contributed by atoms with van der Waals surface area (Å²) >= 11 is 0. The summed E-state index contributed by atoms with van der Waals surface area (Å²) in [6.45, 7) is 13.0. The fraction of sp³-hybridized carbons (Fsp3) is 0.710. The highest BCUT2D eigenvalue weighted by molar-refractivity contribution is 6.08. The van der Waals surface area contributed by atoms with Crippen molar-refractivity contribution in [3.05, 3.63) is 47.0 Å². The van der Waals surface area contributed by atoms with Crippen molar-refractivity contribution >= 4 is 5.78 Å². The fourth-order valence-corrected chi connectivity index (χ4v) is 5.84. The molecule has 5 atom stereocenters. The maximum atomic E-state index is 13.2. The SMILES string of the molecule is C/C(=C\CC12OC1(C)C([O-])(O)c1ccccc1C2=O)CCCC(C)CCCC(C)CCCC(C)C. The molecule has 5 unspecified atom stereocenters. The van der Waals surface area contributed by atoms with Gasteiger partial charge in [0, 0.05) is 17.8 Å². The first-order valence-electron chi connectivity index (χ1n) is 13.9. The van der Waals surface area contributed by atoms with Gasteiger partial charge in [0.15, 0.2) is 11.4 Å². The number of hydrogen-bond acceptors (Lipinski definition) is 4. The molecule has 4 nitrogen and oxygen atoms in total. The summed E-state index contributed by atoms with van der Waals surface area (Å²) in [5.41, 5.74) is -1.06. The van der Waals surface area contributed by atoms with Crippen molar-refractivity contribution in [1.29, 1.82) is 0 Å². The van der Waals surface area contributed by atoms with Gasteiger partial charge in [-0.15, -0.1) is 0 Å². The second kappa shape index (κ2) is 11.3. The molecule has 0 aromatic heterocycles. The van der Waals surface area contributed by atoms with E-state index in [1.54, 1.807) is 25.1 Å². The van der Waals surface area contributed by atoms with Crippen LogP contribution in [0.1, 0.15) is 122 Å². The first kappa shape index (κ1) is 28.1. The number of Topliss-reactive ketones (excluding diaryl/α,β-unsaturated/α-hetero) is 1. The number of benzene rings is 1. The molecule has 1 fully saturated rings. The number of carbonyl (C=O) groups excluding carboxylic acids is 1. The minimum atomic E-state index is -2.43. The monoisotopic (exact) mass is 483 g/mol. The summed E-state index contributed by atoms with van der Waals surface area (Å²) in [5.74, 6) is -0.239. The highest BCUT2D eigenvalue weighted by atomic mass is 16.7. The average molecular weight is 484 g/mol. The summed E-state index contributed by atoms with van der Waals surface area (Å²) in [5, 5.41) is 23.9. The quantitative estimate of drug-likeness (QED) is 0.182. The van der Waals surface area contributed by atoms with Crippen LogP contribution in [0.3, 0.4) is 0 Å². The maximum Gasteiger partial charge on any atom is 0.198 e. The first-order valence-corrected chi connectivity index (χ1v) is 13.9. The Kier molecular flexibility index (Phi) is 9.05. The van der Waals surface area contributed by atoms with Gasteiger partial charge in [0.25, 0.3) is 0 Å². The molecular weight excluding hydrogens is 436 g/mol. The number of ether oxygens (including phenoxy) is 1.